The van der Waals surface area contributed by atoms with Crippen molar-refractivity contribution in [2.75, 3.05) is 16.8 Å². The van der Waals surface area contributed by atoms with Crippen molar-refractivity contribution in [1.29, 1.82) is 0 Å². The number of amides is 2. The third-order valence-electron chi connectivity index (χ3n) is 5.16. The second kappa shape index (κ2) is 8.64. The Morgan fingerprint density at radius 3 is 2.56 bits per heavy atom. The maximum absolute atomic E-state index is 12.7. The van der Waals surface area contributed by atoms with Gasteiger partial charge in [-0.25, -0.2) is 4.98 Å². The van der Waals surface area contributed by atoms with Crippen molar-refractivity contribution in [2.45, 2.75) is 6.54 Å². The summed E-state index contributed by atoms with van der Waals surface area (Å²) in [7, 11) is 0. The molecule has 6 nitrogen and oxygen atoms in total. The molecule has 32 heavy (non-hydrogen) atoms. The van der Waals surface area contributed by atoms with Crippen molar-refractivity contribution in [2.24, 2.45) is 0 Å². The summed E-state index contributed by atoms with van der Waals surface area (Å²) in [6, 6.07) is 24.5. The van der Waals surface area contributed by atoms with Crippen LogP contribution in [0.2, 0.25) is 0 Å². The molecule has 158 valence electrons. The summed E-state index contributed by atoms with van der Waals surface area (Å²) in [5.74, 6) is 0.378. The predicted molar refractivity (Wildman–Crippen MR) is 125 cm³/mol. The number of fused-ring (bicyclic) bond motifs is 1. The van der Waals surface area contributed by atoms with Crippen molar-refractivity contribution in [3.8, 4) is 17.0 Å². The lowest BCUT2D eigenvalue weighted by Crippen LogP contribution is -2.38. The predicted octanol–water partition coefficient (Wildman–Crippen LogP) is 4.99. The third kappa shape index (κ3) is 4.10. The molecular formula is C25H19N3O3S. The molecule has 0 fully saturated rings. The van der Waals surface area contributed by atoms with Gasteiger partial charge in [0, 0.05) is 16.5 Å². The van der Waals surface area contributed by atoms with E-state index in [9.17, 15) is 9.59 Å². The molecule has 3 aromatic carbocycles. The highest BCUT2D eigenvalue weighted by Gasteiger charge is 2.25. The Bertz CT molecular complexity index is 1270. The zero-order chi connectivity index (χ0) is 21.9. The van der Waals surface area contributed by atoms with Gasteiger partial charge >= 0.3 is 0 Å². The topological polar surface area (TPSA) is 71.5 Å². The van der Waals surface area contributed by atoms with Crippen LogP contribution in [-0.2, 0) is 11.3 Å². The van der Waals surface area contributed by atoms with Gasteiger partial charge in [0.05, 0.1) is 17.9 Å². The van der Waals surface area contributed by atoms with Gasteiger partial charge in [0.15, 0.2) is 11.7 Å². The minimum absolute atomic E-state index is 0.0241. The third-order valence-corrected chi connectivity index (χ3v) is 5.92. The number of aromatic nitrogens is 1. The highest BCUT2D eigenvalue weighted by molar-refractivity contribution is 7.14. The van der Waals surface area contributed by atoms with Crippen molar-refractivity contribution in [1.82, 2.24) is 4.98 Å². The Morgan fingerprint density at radius 1 is 1.00 bits per heavy atom. The molecule has 0 unspecified atom stereocenters. The first kappa shape index (κ1) is 20.0. The minimum Gasteiger partial charge on any atom is -0.482 e. The molecule has 0 saturated carbocycles. The summed E-state index contributed by atoms with van der Waals surface area (Å²) in [5.41, 5.74) is 4.04. The Hall–Kier alpha value is -3.97. The van der Waals surface area contributed by atoms with E-state index < -0.39 is 0 Å². The van der Waals surface area contributed by atoms with Crippen molar-refractivity contribution < 1.29 is 14.3 Å². The molecule has 1 aliphatic heterocycles. The lowest BCUT2D eigenvalue weighted by atomic mass is 10.1. The number of benzene rings is 3. The Balaban J connectivity index is 1.27. The van der Waals surface area contributed by atoms with E-state index in [-0.39, 0.29) is 18.4 Å². The average Bonchev–Trinajstić information content (AvgIpc) is 3.30. The molecule has 2 amide bonds. The number of carbonyl (C=O) groups excluding carboxylic acids is 2. The first-order valence-electron chi connectivity index (χ1n) is 10.1. The fourth-order valence-corrected chi connectivity index (χ4v) is 4.23. The van der Waals surface area contributed by atoms with Gasteiger partial charge in [0.25, 0.3) is 11.8 Å². The fraction of sp³-hybridized carbons (Fsp3) is 0.0800. The van der Waals surface area contributed by atoms with Crippen LogP contribution < -0.4 is 15.0 Å². The fourth-order valence-electron chi connectivity index (χ4n) is 3.51. The maximum atomic E-state index is 12.7. The number of hydrogen-bond acceptors (Lipinski definition) is 5. The number of thiazole rings is 1. The molecule has 0 radical (unpaired) electrons. The van der Waals surface area contributed by atoms with Gasteiger partial charge in [-0.3, -0.25) is 14.9 Å². The smallest absolute Gasteiger partial charge is 0.265 e. The molecule has 7 heteroatoms. The Labute approximate surface area is 189 Å². The van der Waals surface area contributed by atoms with Crippen LogP contribution in [0.1, 0.15) is 15.9 Å². The van der Waals surface area contributed by atoms with Gasteiger partial charge in [-0.15, -0.1) is 11.3 Å². The minimum atomic E-state index is -0.224. The van der Waals surface area contributed by atoms with Crippen LogP contribution in [0.15, 0.2) is 84.2 Å². The van der Waals surface area contributed by atoms with Crippen LogP contribution in [0.3, 0.4) is 0 Å². The van der Waals surface area contributed by atoms with Crippen molar-refractivity contribution in [3.63, 3.8) is 0 Å². The summed E-state index contributed by atoms with van der Waals surface area (Å²) in [5, 5.41) is 5.33. The van der Waals surface area contributed by atoms with Crippen LogP contribution in [0.25, 0.3) is 11.3 Å². The largest absolute Gasteiger partial charge is 0.482 e. The van der Waals surface area contributed by atoms with E-state index in [2.05, 4.69) is 10.3 Å². The second-order valence-corrected chi connectivity index (χ2v) is 8.15. The molecule has 2 heterocycles. The normalized spacial score (nSPS) is 12.8. The number of ether oxygens (including phenoxy) is 1. The van der Waals surface area contributed by atoms with E-state index in [1.54, 1.807) is 17.0 Å². The SMILES string of the molecule is O=C(Nc1nc(-c2ccccc2)cs1)c1ccc(CN2C(=O)COc3ccccc32)cc1. The molecule has 0 aliphatic carbocycles. The van der Waals surface area contributed by atoms with Gasteiger partial charge in [-0.1, -0.05) is 54.6 Å². The van der Waals surface area contributed by atoms with Crippen LogP contribution in [0.5, 0.6) is 5.75 Å². The monoisotopic (exact) mass is 441 g/mol. The number of nitrogens with zero attached hydrogens (tertiary/aromatic N) is 2. The van der Waals surface area contributed by atoms with E-state index in [0.717, 1.165) is 22.5 Å². The Kier molecular flexibility index (Phi) is 5.39. The van der Waals surface area contributed by atoms with Crippen LogP contribution in [0.4, 0.5) is 10.8 Å². The molecule has 0 atom stereocenters. The van der Waals surface area contributed by atoms with Crippen molar-refractivity contribution in [3.05, 3.63) is 95.4 Å². The van der Waals surface area contributed by atoms with Crippen LogP contribution in [-0.4, -0.2) is 23.4 Å². The number of carbonyl (C=O) groups is 2. The summed E-state index contributed by atoms with van der Waals surface area (Å²) in [4.78, 5) is 31.2. The van der Waals surface area contributed by atoms with Gasteiger partial charge in [-0.05, 0) is 29.8 Å². The lowest BCUT2D eigenvalue weighted by Gasteiger charge is -2.29. The number of para-hydroxylation sites is 2. The molecule has 1 aromatic heterocycles. The summed E-state index contributed by atoms with van der Waals surface area (Å²) >= 11 is 1.39. The van der Waals surface area contributed by atoms with Gasteiger partial charge < -0.3 is 9.64 Å². The molecule has 0 saturated heterocycles. The zero-order valence-electron chi connectivity index (χ0n) is 17.0. The Morgan fingerprint density at radius 2 is 1.75 bits per heavy atom. The zero-order valence-corrected chi connectivity index (χ0v) is 17.8. The highest BCUT2D eigenvalue weighted by Crippen LogP contribution is 2.32. The first-order chi connectivity index (χ1) is 15.7. The summed E-state index contributed by atoms with van der Waals surface area (Å²) in [6.45, 7) is 0.435. The number of nitrogens with one attached hydrogen (secondary N) is 1. The molecule has 0 bridgehead atoms. The van der Waals surface area contributed by atoms with Crippen LogP contribution >= 0.6 is 11.3 Å². The first-order valence-corrected chi connectivity index (χ1v) is 11.0. The maximum Gasteiger partial charge on any atom is 0.265 e. The lowest BCUT2D eigenvalue weighted by molar-refractivity contribution is -0.121. The average molecular weight is 442 g/mol. The molecule has 0 spiro atoms. The van der Waals surface area contributed by atoms with E-state index in [4.69, 9.17) is 4.74 Å². The summed E-state index contributed by atoms with van der Waals surface area (Å²) < 4.78 is 5.49. The molecule has 1 N–H and O–H groups in total. The molecule has 5 rings (SSSR count). The molecule has 4 aromatic rings. The van der Waals surface area contributed by atoms with E-state index in [1.165, 1.54) is 11.3 Å². The summed E-state index contributed by atoms with van der Waals surface area (Å²) in [6.07, 6.45) is 0. The van der Waals surface area contributed by atoms with E-state index in [1.807, 2.05) is 72.1 Å². The number of rotatable bonds is 5. The van der Waals surface area contributed by atoms with E-state index in [0.29, 0.717) is 23.0 Å². The van der Waals surface area contributed by atoms with Crippen molar-refractivity contribution >= 4 is 34.0 Å². The molecule has 1 aliphatic rings. The van der Waals surface area contributed by atoms with Crippen LogP contribution in [0, 0.1) is 0 Å². The van der Waals surface area contributed by atoms with Gasteiger partial charge in [0.1, 0.15) is 5.75 Å². The second-order valence-electron chi connectivity index (χ2n) is 7.29. The van der Waals surface area contributed by atoms with Gasteiger partial charge in [0.2, 0.25) is 0 Å². The van der Waals surface area contributed by atoms with E-state index >= 15 is 0 Å². The number of anilines is 2. The molecular weight excluding hydrogens is 422 g/mol. The highest BCUT2D eigenvalue weighted by atomic mass is 32.1. The standard InChI is InChI=1S/C25H19N3O3S/c29-23-15-31-22-9-5-4-8-21(22)28(23)14-17-10-12-19(13-11-17)24(30)27-25-26-20(16-32-25)18-6-2-1-3-7-18/h1-13,16H,14-15H2,(H,26,27,30). The quantitative estimate of drug-likeness (QED) is 0.474. The number of hydrogen-bond donors (Lipinski definition) is 1. The van der Waals surface area contributed by atoms with Gasteiger partial charge in [-0.2, -0.15) is 0 Å².